The fourth-order valence-electron chi connectivity index (χ4n) is 10.1. The van der Waals surface area contributed by atoms with Gasteiger partial charge < -0.3 is 34.0 Å². The van der Waals surface area contributed by atoms with E-state index in [4.69, 9.17) is 9.05 Å². The highest BCUT2D eigenvalue weighted by Crippen LogP contribution is 2.38. The summed E-state index contributed by atoms with van der Waals surface area (Å²) in [6, 6.07) is -1.10. The summed E-state index contributed by atoms with van der Waals surface area (Å²) in [6.07, 6.45) is 71.5. The molecule has 0 saturated carbocycles. The minimum absolute atomic E-state index is 0.0490. The van der Waals surface area contributed by atoms with Gasteiger partial charge in [-0.2, -0.15) is 0 Å². The van der Waals surface area contributed by atoms with Gasteiger partial charge in [-0.3, -0.25) is 9.36 Å². The largest absolute Gasteiger partial charge is 0.756 e. The van der Waals surface area contributed by atoms with Crippen LogP contribution in [0.3, 0.4) is 0 Å². The number of aliphatic hydroxyl groups is 2. The molecule has 0 aromatic rings. The number of nitrogens with one attached hydrogen (secondary N) is 1. The number of likely N-dealkylation sites (N-methyl/N-ethyl adjacent to an activating group) is 1. The Balaban J connectivity index is 3.88. The van der Waals surface area contributed by atoms with Crippen LogP contribution in [0.4, 0.5) is 0 Å². The zero-order chi connectivity index (χ0) is 55.7. The zero-order valence-corrected chi connectivity index (χ0v) is 52.0. The number of carbonyl (C=O) groups is 1. The molecule has 1 amide bonds. The maximum atomic E-state index is 13.0. The molecular weight excluding hydrogens is 964 g/mol. The van der Waals surface area contributed by atoms with Crippen LogP contribution in [0.15, 0.2) is 36.5 Å². The summed E-state index contributed by atoms with van der Waals surface area (Å²) < 4.78 is 23.2. The minimum Gasteiger partial charge on any atom is -0.756 e. The van der Waals surface area contributed by atoms with E-state index in [1.165, 1.54) is 238 Å². The number of unbranched alkanes of at least 4 members (excludes halogenated alkanes) is 42. The van der Waals surface area contributed by atoms with Crippen LogP contribution < -0.4 is 10.2 Å². The van der Waals surface area contributed by atoms with Crippen molar-refractivity contribution in [1.82, 2.24) is 5.32 Å². The Morgan fingerprint density at radius 3 is 1.13 bits per heavy atom. The number of quaternary nitrogens is 1. The van der Waals surface area contributed by atoms with E-state index in [1.807, 2.05) is 28.1 Å². The smallest absolute Gasteiger partial charge is 0.268 e. The standard InChI is InChI=1S/C66H129N2O7P/c1-6-8-10-12-14-16-18-20-21-22-23-24-25-26-27-28-29-30-31-32-33-34-35-36-37-38-39-40-41-42-43-44-45-46-47-49-51-53-55-57-59-65(70)67-63(62-75-76(72,73)74-61-60-68(3,4)5)66(71)64(69)58-56-54-52-50-48-19-17-15-13-11-9-7-2/h7,9,15,17,50,52,63-64,66,69,71H,6,8,10-14,16,18-49,51,53-62H2,1-5H3,(H-,67,70,72,73)/b9-7+,17-15+,52-50+. The Labute approximate surface area is 472 Å². The summed E-state index contributed by atoms with van der Waals surface area (Å²) in [4.78, 5) is 25.5. The van der Waals surface area contributed by atoms with Crippen molar-refractivity contribution in [2.75, 3.05) is 40.9 Å². The lowest BCUT2D eigenvalue weighted by atomic mass is 10.0. The molecule has 0 radical (unpaired) electrons. The molecule has 0 bridgehead atoms. The monoisotopic (exact) mass is 1090 g/mol. The predicted octanol–water partition coefficient (Wildman–Crippen LogP) is 18.8. The van der Waals surface area contributed by atoms with E-state index in [1.54, 1.807) is 0 Å². The minimum atomic E-state index is -4.68. The van der Waals surface area contributed by atoms with Gasteiger partial charge in [0.1, 0.15) is 19.3 Å². The van der Waals surface area contributed by atoms with Crippen molar-refractivity contribution < 1.29 is 38.0 Å². The number of phosphoric ester groups is 1. The molecule has 0 aliphatic rings. The average molecular weight is 1090 g/mol. The van der Waals surface area contributed by atoms with Crippen LogP contribution in [0.1, 0.15) is 322 Å². The van der Waals surface area contributed by atoms with E-state index in [0.717, 1.165) is 44.9 Å². The summed E-state index contributed by atoms with van der Waals surface area (Å²) >= 11 is 0. The Morgan fingerprint density at radius 2 is 0.803 bits per heavy atom. The van der Waals surface area contributed by atoms with Crippen molar-refractivity contribution >= 4 is 13.7 Å². The molecule has 0 aliphatic heterocycles. The quantitative estimate of drug-likeness (QED) is 0.0239. The van der Waals surface area contributed by atoms with Crippen molar-refractivity contribution in [3.63, 3.8) is 0 Å². The molecule has 0 aliphatic carbocycles. The van der Waals surface area contributed by atoms with Crippen molar-refractivity contribution in [2.45, 2.75) is 340 Å². The van der Waals surface area contributed by atoms with Gasteiger partial charge in [-0.05, 0) is 58.3 Å². The van der Waals surface area contributed by atoms with Gasteiger partial charge in [0.15, 0.2) is 0 Å². The Hall–Kier alpha value is -1.32. The molecule has 0 saturated heterocycles. The molecule has 76 heavy (non-hydrogen) atoms. The maximum Gasteiger partial charge on any atom is 0.268 e. The molecule has 4 unspecified atom stereocenters. The summed E-state index contributed by atoms with van der Waals surface area (Å²) in [5.74, 6) is -0.290. The lowest BCUT2D eigenvalue weighted by Crippen LogP contribution is -2.51. The van der Waals surface area contributed by atoms with Gasteiger partial charge in [-0.25, -0.2) is 0 Å². The summed E-state index contributed by atoms with van der Waals surface area (Å²) in [5, 5.41) is 24.7. The molecule has 3 N–H and O–H groups in total. The van der Waals surface area contributed by atoms with Crippen LogP contribution in [0.25, 0.3) is 0 Å². The summed E-state index contributed by atoms with van der Waals surface area (Å²) in [6.45, 7) is 4.23. The molecule has 0 rings (SSSR count). The molecule has 10 heteroatoms. The highest BCUT2D eigenvalue weighted by Gasteiger charge is 2.29. The first kappa shape index (κ1) is 74.7. The number of phosphoric acid groups is 1. The number of carbonyl (C=O) groups excluding carboxylic acids is 1. The molecule has 0 aromatic carbocycles. The third-order valence-electron chi connectivity index (χ3n) is 15.3. The van der Waals surface area contributed by atoms with Crippen LogP contribution in [0.5, 0.6) is 0 Å². The van der Waals surface area contributed by atoms with E-state index in [2.05, 4.69) is 48.7 Å². The molecule has 0 heterocycles. The average Bonchev–Trinajstić information content (AvgIpc) is 3.38. The number of nitrogens with zero attached hydrogens (tertiary/aromatic N) is 1. The number of hydrogen-bond acceptors (Lipinski definition) is 7. The number of rotatable bonds is 61. The summed E-state index contributed by atoms with van der Waals surface area (Å²) in [5.41, 5.74) is 0. The Bertz CT molecular complexity index is 1350. The van der Waals surface area contributed by atoms with Crippen LogP contribution in [-0.2, 0) is 18.4 Å². The molecule has 4 atom stereocenters. The molecule has 0 spiro atoms. The lowest BCUT2D eigenvalue weighted by Gasteiger charge is -2.31. The SMILES string of the molecule is C/C=C/CC/C=C/CC/C=C/CCCC(O)C(O)C(COP(=O)([O-])OCC[N+](C)(C)C)NC(=O)CCCCCCCCCCCCCCCCCCCCCCCCCCCCCCCCCCCCCCCCCC. The van der Waals surface area contributed by atoms with Crippen LogP contribution in [0.2, 0.25) is 0 Å². The number of amides is 1. The topological polar surface area (TPSA) is 128 Å². The first-order chi connectivity index (χ1) is 36.9. The third kappa shape index (κ3) is 57.4. The second-order valence-corrected chi connectivity index (χ2v) is 25.4. The van der Waals surface area contributed by atoms with E-state index in [9.17, 15) is 24.5 Å². The summed E-state index contributed by atoms with van der Waals surface area (Å²) in [7, 11) is 1.10. The van der Waals surface area contributed by atoms with E-state index >= 15 is 0 Å². The molecule has 0 fully saturated rings. The first-order valence-corrected chi connectivity index (χ1v) is 34.3. The molecule has 0 aromatic heterocycles. The predicted molar refractivity (Wildman–Crippen MR) is 327 cm³/mol. The zero-order valence-electron chi connectivity index (χ0n) is 51.1. The van der Waals surface area contributed by atoms with E-state index in [0.29, 0.717) is 30.3 Å². The highest BCUT2D eigenvalue weighted by molar-refractivity contribution is 7.45. The van der Waals surface area contributed by atoms with Crippen LogP contribution >= 0.6 is 7.82 Å². The van der Waals surface area contributed by atoms with Crippen molar-refractivity contribution in [3.8, 4) is 0 Å². The van der Waals surface area contributed by atoms with Crippen molar-refractivity contribution in [1.29, 1.82) is 0 Å². The third-order valence-corrected chi connectivity index (χ3v) is 16.2. The van der Waals surface area contributed by atoms with Gasteiger partial charge in [-0.1, -0.05) is 294 Å². The van der Waals surface area contributed by atoms with Gasteiger partial charge in [0.25, 0.3) is 7.82 Å². The molecule has 450 valence electrons. The van der Waals surface area contributed by atoms with Crippen LogP contribution in [0, 0.1) is 0 Å². The van der Waals surface area contributed by atoms with Crippen LogP contribution in [-0.4, -0.2) is 79.8 Å². The lowest BCUT2D eigenvalue weighted by molar-refractivity contribution is -0.870. The fraction of sp³-hybridized carbons (Fsp3) is 0.894. The van der Waals surface area contributed by atoms with Gasteiger partial charge in [0.05, 0.1) is 39.9 Å². The number of allylic oxidation sites excluding steroid dienone is 6. The highest BCUT2D eigenvalue weighted by atomic mass is 31.2. The van der Waals surface area contributed by atoms with E-state index < -0.39 is 32.7 Å². The maximum absolute atomic E-state index is 13.0. The van der Waals surface area contributed by atoms with Gasteiger partial charge >= 0.3 is 0 Å². The normalized spacial score (nSPS) is 14.4. The molecule has 9 nitrogen and oxygen atoms in total. The second kappa shape index (κ2) is 56.9. The Kier molecular flexibility index (Phi) is 55.9. The fourth-order valence-corrected chi connectivity index (χ4v) is 10.8. The number of hydrogen-bond donors (Lipinski definition) is 3. The van der Waals surface area contributed by atoms with Crippen molar-refractivity contribution in [3.05, 3.63) is 36.5 Å². The van der Waals surface area contributed by atoms with Crippen molar-refractivity contribution in [2.24, 2.45) is 0 Å². The first-order valence-electron chi connectivity index (χ1n) is 32.9. The number of aliphatic hydroxyl groups excluding tert-OH is 2. The van der Waals surface area contributed by atoms with Gasteiger partial charge in [0, 0.05) is 6.42 Å². The van der Waals surface area contributed by atoms with E-state index in [-0.39, 0.29) is 18.9 Å². The van der Waals surface area contributed by atoms with Gasteiger partial charge in [-0.15, -0.1) is 0 Å². The van der Waals surface area contributed by atoms with Gasteiger partial charge in [0.2, 0.25) is 5.91 Å². The Morgan fingerprint density at radius 1 is 0.487 bits per heavy atom. The molecular formula is C66H129N2O7P. The second-order valence-electron chi connectivity index (χ2n) is 24.0.